The van der Waals surface area contributed by atoms with Gasteiger partial charge in [-0.3, -0.25) is 30.3 Å². The van der Waals surface area contributed by atoms with Gasteiger partial charge in [0.1, 0.15) is 0 Å². The molecule has 0 bridgehead atoms. The van der Waals surface area contributed by atoms with Crippen LogP contribution in [0.15, 0.2) is 30.3 Å². The molecule has 0 saturated carbocycles. The third-order valence-electron chi connectivity index (χ3n) is 2.52. The van der Waals surface area contributed by atoms with E-state index in [1.54, 1.807) is 0 Å². The Morgan fingerprint density at radius 1 is 0.684 bits per heavy atom. The summed E-state index contributed by atoms with van der Waals surface area (Å²) in [6, 6.07) is 5.60. The van der Waals surface area contributed by atoms with E-state index < -0.39 is 26.1 Å². The summed E-state index contributed by atoms with van der Waals surface area (Å²) >= 11 is 0. The van der Waals surface area contributed by atoms with Crippen LogP contribution in [-0.4, -0.2) is 14.8 Å². The van der Waals surface area contributed by atoms with Crippen molar-refractivity contribution in [2.75, 3.05) is 0 Å². The summed E-state index contributed by atoms with van der Waals surface area (Å²) in [5.41, 5.74) is -1.58. The molecule has 0 amide bonds. The Labute approximate surface area is 104 Å². The Bertz CT molecular complexity index is 727. The Morgan fingerprint density at radius 3 is 1.68 bits per heavy atom. The molecule has 9 heteroatoms. The van der Waals surface area contributed by atoms with Crippen molar-refractivity contribution in [3.63, 3.8) is 0 Å². The van der Waals surface area contributed by atoms with E-state index in [-0.39, 0.29) is 11.1 Å². The SMILES string of the molecule is O=[N+]([O-])c1ccc2cc([N+](=O)[O-])c([N+](=O)[O-])cc2c1. The van der Waals surface area contributed by atoms with E-state index in [4.69, 9.17) is 0 Å². The normalized spacial score (nSPS) is 10.3. The summed E-state index contributed by atoms with van der Waals surface area (Å²) in [4.78, 5) is 29.7. The summed E-state index contributed by atoms with van der Waals surface area (Å²) in [6.07, 6.45) is 0. The lowest BCUT2D eigenvalue weighted by atomic mass is 10.1. The van der Waals surface area contributed by atoms with Crippen molar-refractivity contribution in [2.24, 2.45) is 0 Å². The van der Waals surface area contributed by atoms with E-state index in [2.05, 4.69) is 0 Å². The van der Waals surface area contributed by atoms with E-state index in [1.807, 2.05) is 0 Å². The van der Waals surface area contributed by atoms with E-state index in [0.717, 1.165) is 18.2 Å². The van der Waals surface area contributed by atoms with Gasteiger partial charge in [0.25, 0.3) is 5.69 Å². The van der Waals surface area contributed by atoms with Crippen molar-refractivity contribution in [3.05, 3.63) is 60.7 Å². The molecule has 2 rings (SSSR count). The second kappa shape index (κ2) is 4.29. The number of nitrogens with zero attached hydrogens (tertiary/aromatic N) is 3. The first-order valence-electron chi connectivity index (χ1n) is 4.91. The average Bonchev–Trinajstić information content (AvgIpc) is 2.36. The molecule has 96 valence electrons. The highest BCUT2D eigenvalue weighted by atomic mass is 16.6. The lowest BCUT2D eigenvalue weighted by Gasteiger charge is -1.99. The predicted molar refractivity (Wildman–Crippen MR) is 63.9 cm³/mol. The fourth-order valence-electron chi connectivity index (χ4n) is 1.67. The maximum absolute atomic E-state index is 10.8. The van der Waals surface area contributed by atoms with Gasteiger partial charge >= 0.3 is 11.4 Å². The molecule has 0 saturated heterocycles. The van der Waals surface area contributed by atoms with Crippen molar-refractivity contribution in [1.82, 2.24) is 0 Å². The first kappa shape index (κ1) is 12.4. The van der Waals surface area contributed by atoms with Crippen molar-refractivity contribution in [3.8, 4) is 0 Å². The van der Waals surface area contributed by atoms with Gasteiger partial charge in [-0.15, -0.1) is 0 Å². The van der Waals surface area contributed by atoms with Gasteiger partial charge in [0.2, 0.25) is 0 Å². The Morgan fingerprint density at radius 2 is 1.21 bits per heavy atom. The second-order valence-corrected chi connectivity index (χ2v) is 3.64. The minimum Gasteiger partial charge on any atom is -0.258 e. The van der Waals surface area contributed by atoms with E-state index in [0.29, 0.717) is 5.39 Å². The maximum atomic E-state index is 10.8. The van der Waals surface area contributed by atoms with Gasteiger partial charge in [0.05, 0.1) is 14.8 Å². The fourth-order valence-corrected chi connectivity index (χ4v) is 1.67. The van der Waals surface area contributed by atoms with Gasteiger partial charge in [-0.2, -0.15) is 0 Å². The van der Waals surface area contributed by atoms with E-state index >= 15 is 0 Å². The third-order valence-corrected chi connectivity index (χ3v) is 2.52. The number of rotatable bonds is 3. The van der Waals surface area contributed by atoms with Gasteiger partial charge in [-0.1, -0.05) is 0 Å². The highest BCUT2D eigenvalue weighted by Gasteiger charge is 2.25. The van der Waals surface area contributed by atoms with Crippen LogP contribution < -0.4 is 0 Å². The fraction of sp³-hybridized carbons (Fsp3) is 0. The minimum absolute atomic E-state index is 0.200. The topological polar surface area (TPSA) is 129 Å². The molecular formula is C10H5N3O6. The van der Waals surface area contributed by atoms with Crippen LogP contribution in [0.3, 0.4) is 0 Å². The molecule has 0 atom stereocenters. The van der Waals surface area contributed by atoms with Crippen LogP contribution in [0.1, 0.15) is 0 Å². The standard InChI is InChI=1S/C10H5N3O6/c14-11(15)8-2-1-6-4-9(12(16)17)10(13(18)19)5-7(6)3-8/h1-5H. The molecule has 0 radical (unpaired) electrons. The third kappa shape index (κ3) is 2.16. The zero-order valence-electron chi connectivity index (χ0n) is 9.18. The number of nitro benzene ring substituents is 3. The summed E-state index contributed by atoms with van der Waals surface area (Å²) in [6.45, 7) is 0. The Kier molecular flexibility index (Phi) is 2.79. The molecule has 0 fully saturated rings. The van der Waals surface area contributed by atoms with Crippen LogP contribution in [0.25, 0.3) is 10.8 Å². The molecule has 0 aliphatic heterocycles. The largest absolute Gasteiger partial charge is 0.346 e. The highest BCUT2D eigenvalue weighted by molar-refractivity contribution is 5.90. The monoisotopic (exact) mass is 263 g/mol. The molecule has 0 unspecified atom stereocenters. The number of nitro groups is 3. The van der Waals surface area contributed by atoms with Crippen molar-refractivity contribution in [2.45, 2.75) is 0 Å². The second-order valence-electron chi connectivity index (χ2n) is 3.64. The van der Waals surface area contributed by atoms with E-state index in [9.17, 15) is 30.3 Å². The van der Waals surface area contributed by atoms with Crippen molar-refractivity contribution >= 4 is 27.8 Å². The first-order chi connectivity index (χ1) is 8.90. The molecule has 9 nitrogen and oxygen atoms in total. The van der Waals surface area contributed by atoms with Crippen LogP contribution >= 0.6 is 0 Å². The minimum atomic E-state index is -0.892. The van der Waals surface area contributed by atoms with Crippen molar-refractivity contribution in [1.29, 1.82) is 0 Å². The number of non-ortho nitro benzene ring substituents is 1. The molecule has 0 heterocycles. The summed E-state index contributed by atoms with van der Waals surface area (Å²) in [5.74, 6) is 0. The van der Waals surface area contributed by atoms with Gasteiger partial charge in [0.15, 0.2) is 0 Å². The molecule has 19 heavy (non-hydrogen) atoms. The quantitative estimate of drug-likeness (QED) is 0.617. The summed E-state index contributed by atoms with van der Waals surface area (Å²) in [5, 5.41) is 32.6. The molecule has 0 spiro atoms. The van der Waals surface area contributed by atoms with Crippen LogP contribution in [0.2, 0.25) is 0 Å². The van der Waals surface area contributed by atoms with Crippen LogP contribution in [0.5, 0.6) is 0 Å². The van der Waals surface area contributed by atoms with Gasteiger partial charge in [-0.05, 0) is 16.8 Å². The van der Waals surface area contributed by atoms with Gasteiger partial charge in [-0.25, -0.2) is 0 Å². The van der Waals surface area contributed by atoms with Crippen LogP contribution in [-0.2, 0) is 0 Å². The number of benzene rings is 2. The Hall–Kier alpha value is -3.10. The lowest BCUT2D eigenvalue weighted by molar-refractivity contribution is -0.422. The number of fused-ring (bicyclic) bond motifs is 1. The van der Waals surface area contributed by atoms with Gasteiger partial charge < -0.3 is 0 Å². The lowest BCUT2D eigenvalue weighted by Crippen LogP contribution is -1.97. The molecule has 0 aliphatic carbocycles. The Balaban J connectivity index is 2.77. The number of hydrogen-bond acceptors (Lipinski definition) is 6. The average molecular weight is 263 g/mol. The zero-order chi connectivity index (χ0) is 14.2. The molecule has 0 aliphatic rings. The van der Waals surface area contributed by atoms with Crippen LogP contribution in [0.4, 0.5) is 17.1 Å². The maximum Gasteiger partial charge on any atom is 0.346 e. The van der Waals surface area contributed by atoms with Crippen molar-refractivity contribution < 1.29 is 14.8 Å². The smallest absolute Gasteiger partial charge is 0.258 e. The summed E-state index contributed by atoms with van der Waals surface area (Å²) in [7, 11) is 0. The zero-order valence-corrected chi connectivity index (χ0v) is 9.18. The predicted octanol–water partition coefficient (Wildman–Crippen LogP) is 2.56. The highest BCUT2D eigenvalue weighted by Crippen LogP contribution is 2.33. The van der Waals surface area contributed by atoms with Gasteiger partial charge in [0, 0.05) is 24.3 Å². The molecule has 0 N–H and O–H groups in total. The first-order valence-corrected chi connectivity index (χ1v) is 4.91. The molecule has 2 aromatic rings. The summed E-state index contributed by atoms with van der Waals surface area (Å²) < 4.78 is 0. The number of hydrogen-bond donors (Lipinski definition) is 0. The molecule has 2 aromatic carbocycles. The molecule has 0 aromatic heterocycles. The van der Waals surface area contributed by atoms with E-state index in [1.165, 1.54) is 12.1 Å². The molecular weight excluding hydrogens is 258 g/mol. The van der Waals surface area contributed by atoms with Crippen LogP contribution in [0, 0.1) is 30.3 Å².